The number of aromatic nitrogens is 2. The van der Waals surface area contributed by atoms with Gasteiger partial charge in [-0.15, -0.1) is 0 Å². The Bertz CT molecular complexity index is 1210. The highest BCUT2D eigenvalue weighted by molar-refractivity contribution is 5.82. The molecular formula is C28H35N7O. The molecule has 2 aromatic carbocycles. The molecule has 36 heavy (non-hydrogen) atoms. The average molecular weight is 486 g/mol. The van der Waals surface area contributed by atoms with Crippen molar-refractivity contribution in [1.82, 2.24) is 30.4 Å². The van der Waals surface area contributed by atoms with E-state index in [1.54, 1.807) is 6.20 Å². The minimum atomic E-state index is -0.101. The van der Waals surface area contributed by atoms with Crippen molar-refractivity contribution in [2.75, 3.05) is 39.0 Å². The maximum Gasteiger partial charge on any atom is 0.237 e. The molecule has 1 aromatic heterocycles. The van der Waals surface area contributed by atoms with Gasteiger partial charge in [0, 0.05) is 50.2 Å². The lowest BCUT2D eigenvalue weighted by molar-refractivity contribution is -0.125. The molecule has 8 heteroatoms. The first-order chi connectivity index (χ1) is 17.5. The first-order valence-electron chi connectivity index (χ1n) is 12.7. The summed E-state index contributed by atoms with van der Waals surface area (Å²) in [5.74, 6) is 0.676. The molecule has 1 amide bonds. The number of hydrogen-bond acceptors (Lipinski definition) is 7. The number of hydrogen-bond donors (Lipinski definition) is 3. The van der Waals surface area contributed by atoms with E-state index in [1.807, 2.05) is 24.3 Å². The normalized spacial score (nSPS) is 18.0. The van der Waals surface area contributed by atoms with Crippen LogP contribution in [0.2, 0.25) is 0 Å². The molecule has 6 bridgehead atoms. The summed E-state index contributed by atoms with van der Waals surface area (Å²) in [4.78, 5) is 26.9. The smallest absolute Gasteiger partial charge is 0.237 e. The number of benzene rings is 2. The molecule has 0 spiro atoms. The Hall–Kier alpha value is -3.33. The number of nitrogens with zero attached hydrogens (tertiary/aromatic N) is 4. The minimum Gasteiger partial charge on any atom is -0.351 e. The van der Waals surface area contributed by atoms with Crippen LogP contribution < -0.4 is 16.0 Å². The van der Waals surface area contributed by atoms with E-state index in [2.05, 4.69) is 69.1 Å². The first kappa shape index (κ1) is 24.4. The summed E-state index contributed by atoms with van der Waals surface area (Å²) in [7, 11) is 4.16. The molecule has 188 valence electrons. The summed E-state index contributed by atoms with van der Waals surface area (Å²) in [5.41, 5.74) is 6.23. The largest absolute Gasteiger partial charge is 0.351 e. The number of rotatable bonds is 5. The van der Waals surface area contributed by atoms with Gasteiger partial charge >= 0.3 is 0 Å². The van der Waals surface area contributed by atoms with E-state index >= 15 is 0 Å². The van der Waals surface area contributed by atoms with Gasteiger partial charge in [-0.05, 0) is 74.4 Å². The molecule has 1 saturated heterocycles. The minimum absolute atomic E-state index is 0.101. The van der Waals surface area contributed by atoms with Crippen LogP contribution in [0.15, 0.2) is 54.7 Å². The van der Waals surface area contributed by atoms with Crippen molar-refractivity contribution in [2.24, 2.45) is 0 Å². The molecule has 5 rings (SSSR count). The lowest BCUT2D eigenvalue weighted by Gasteiger charge is -2.24. The molecule has 1 atom stereocenters. The number of nitrogens with one attached hydrogen (secondary N) is 3. The maximum absolute atomic E-state index is 13.1. The van der Waals surface area contributed by atoms with E-state index in [-0.39, 0.29) is 11.9 Å². The monoisotopic (exact) mass is 485 g/mol. The van der Waals surface area contributed by atoms with Crippen LogP contribution >= 0.6 is 0 Å². The Kier molecular flexibility index (Phi) is 7.55. The maximum atomic E-state index is 13.1. The van der Waals surface area contributed by atoms with E-state index in [1.165, 1.54) is 11.1 Å². The van der Waals surface area contributed by atoms with Crippen molar-refractivity contribution in [1.29, 1.82) is 0 Å². The SMILES string of the molecule is CN(C)CCNCc1cc2cc(c1)Nc1nccc(n1)-c1cccc(c1)CNC(=O)[C@@H]1CCCN1C2. The molecule has 1 fully saturated rings. The van der Waals surface area contributed by atoms with Gasteiger partial charge in [0.15, 0.2) is 0 Å². The molecule has 3 heterocycles. The lowest BCUT2D eigenvalue weighted by atomic mass is 10.1. The molecule has 2 aliphatic heterocycles. The molecule has 0 saturated carbocycles. The topological polar surface area (TPSA) is 85.4 Å². The molecular weight excluding hydrogens is 450 g/mol. The highest BCUT2D eigenvalue weighted by atomic mass is 16.2. The number of carbonyl (C=O) groups excluding carboxylic acids is 1. The van der Waals surface area contributed by atoms with Gasteiger partial charge in [-0.25, -0.2) is 9.97 Å². The predicted molar refractivity (Wildman–Crippen MR) is 143 cm³/mol. The zero-order valence-electron chi connectivity index (χ0n) is 21.1. The van der Waals surface area contributed by atoms with Gasteiger partial charge in [0.2, 0.25) is 11.9 Å². The summed E-state index contributed by atoms with van der Waals surface area (Å²) in [5, 5.41) is 10.1. The second-order valence-electron chi connectivity index (χ2n) is 9.96. The predicted octanol–water partition coefficient (Wildman–Crippen LogP) is 3.13. The van der Waals surface area contributed by atoms with E-state index < -0.39 is 0 Å². The van der Waals surface area contributed by atoms with Crippen LogP contribution in [0.5, 0.6) is 0 Å². The van der Waals surface area contributed by atoms with Gasteiger partial charge < -0.3 is 20.9 Å². The third-order valence-corrected chi connectivity index (χ3v) is 6.77. The van der Waals surface area contributed by atoms with Crippen molar-refractivity contribution in [3.63, 3.8) is 0 Å². The van der Waals surface area contributed by atoms with Gasteiger partial charge in [-0.2, -0.15) is 0 Å². The second-order valence-corrected chi connectivity index (χ2v) is 9.96. The van der Waals surface area contributed by atoms with E-state index in [4.69, 9.17) is 4.98 Å². The van der Waals surface area contributed by atoms with Crippen molar-refractivity contribution < 1.29 is 4.79 Å². The summed E-state index contributed by atoms with van der Waals surface area (Å²) in [6, 6.07) is 16.5. The number of anilines is 2. The Labute approximate surface area is 213 Å². The number of likely N-dealkylation sites (N-methyl/N-ethyl adjacent to an activating group) is 1. The van der Waals surface area contributed by atoms with Crippen molar-refractivity contribution in [3.05, 3.63) is 71.4 Å². The average Bonchev–Trinajstić information content (AvgIpc) is 3.33. The van der Waals surface area contributed by atoms with E-state index in [0.29, 0.717) is 12.5 Å². The summed E-state index contributed by atoms with van der Waals surface area (Å²) in [6.07, 6.45) is 3.70. The van der Waals surface area contributed by atoms with Gasteiger partial charge in [0.1, 0.15) is 0 Å². The van der Waals surface area contributed by atoms with Crippen LogP contribution in [0.4, 0.5) is 11.6 Å². The standard InChI is InChI=1S/C28H35N7O/c1-34(2)12-10-29-17-21-13-22-16-24(15-21)32-28-30-9-8-25(33-28)23-6-3-5-20(14-23)18-31-27(36)26-7-4-11-35(26)19-22/h3,5-6,8-9,13-16,26,29H,4,7,10-12,17-19H2,1-2H3,(H,31,36)(H,30,32,33)/t26-/m0/s1. The van der Waals surface area contributed by atoms with Crippen LogP contribution in [-0.4, -0.2) is 65.4 Å². The number of fused-ring (bicyclic) bond motifs is 8. The fourth-order valence-corrected chi connectivity index (χ4v) is 4.97. The Morgan fingerprint density at radius 2 is 2.06 bits per heavy atom. The van der Waals surface area contributed by atoms with E-state index in [0.717, 1.165) is 68.1 Å². The van der Waals surface area contributed by atoms with Crippen molar-refractivity contribution >= 4 is 17.5 Å². The fraction of sp³-hybridized carbons (Fsp3) is 0.393. The molecule has 0 aliphatic carbocycles. The number of amides is 1. The zero-order valence-corrected chi connectivity index (χ0v) is 21.1. The summed E-state index contributed by atoms with van der Waals surface area (Å²) in [6.45, 7) is 4.83. The Morgan fingerprint density at radius 1 is 1.14 bits per heavy atom. The summed E-state index contributed by atoms with van der Waals surface area (Å²) >= 11 is 0. The molecule has 3 aromatic rings. The molecule has 8 nitrogen and oxygen atoms in total. The lowest BCUT2D eigenvalue weighted by Crippen LogP contribution is -2.42. The first-order valence-corrected chi connectivity index (χ1v) is 12.7. The van der Waals surface area contributed by atoms with Crippen molar-refractivity contribution in [2.45, 2.75) is 38.5 Å². The van der Waals surface area contributed by atoms with Gasteiger partial charge in [0.05, 0.1) is 11.7 Å². The molecule has 0 unspecified atom stereocenters. The Balaban J connectivity index is 1.48. The van der Waals surface area contributed by atoms with Crippen LogP contribution in [0.3, 0.4) is 0 Å². The van der Waals surface area contributed by atoms with Gasteiger partial charge in [0.25, 0.3) is 0 Å². The zero-order chi connectivity index (χ0) is 24.9. The number of carbonyl (C=O) groups is 1. The Morgan fingerprint density at radius 3 is 2.94 bits per heavy atom. The van der Waals surface area contributed by atoms with Crippen LogP contribution in [0.25, 0.3) is 11.3 Å². The molecule has 3 N–H and O–H groups in total. The third kappa shape index (κ3) is 6.07. The summed E-state index contributed by atoms with van der Waals surface area (Å²) < 4.78 is 0. The third-order valence-electron chi connectivity index (χ3n) is 6.77. The molecule has 2 aliphatic rings. The van der Waals surface area contributed by atoms with Gasteiger partial charge in [-0.1, -0.05) is 24.3 Å². The quantitative estimate of drug-likeness (QED) is 0.479. The second kappa shape index (κ2) is 11.2. The van der Waals surface area contributed by atoms with Crippen molar-refractivity contribution in [3.8, 4) is 11.3 Å². The van der Waals surface area contributed by atoms with Crippen LogP contribution in [0, 0.1) is 0 Å². The highest BCUT2D eigenvalue weighted by Gasteiger charge is 2.30. The van der Waals surface area contributed by atoms with Crippen LogP contribution in [-0.2, 0) is 24.4 Å². The fourth-order valence-electron chi connectivity index (χ4n) is 4.97. The van der Waals surface area contributed by atoms with E-state index in [9.17, 15) is 4.79 Å². The van der Waals surface area contributed by atoms with Gasteiger partial charge in [-0.3, -0.25) is 9.69 Å². The van der Waals surface area contributed by atoms with Crippen LogP contribution in [0.1, 0.15) is 29.5 Å². The highest BCUT2D eigenvalue weighted by Crippen LogP contribution is 2.26. The molecule has 0 radical (unpaired) electrons.